The third kappa shape index (κ3) is 7.47. The maximum Gasteiger partial charge on any atom is 0.301 e. The van der Waals surface area contributed by atoms with Crippen molar-refractivity contribution in [2.45, 2.75) is 0 Å². The van der Waals surface area contributed by atoms with Gasteiger partial charge in [0.25, 0.3) is 0 Å². The molecule has 12 aromatic rings. The van der Waals surface area contributed by atoms with Gasteiger partial charge in [0.2, 0.25) is 0 Å². The summed E-state index contributed by atoms with van der Waals surface area (Å²) in [4.78, 5) is 2.31. The molecule has 0 saturated heterocycles. The number of benzene rings is 11. The molecule has 0 saturated carbocycles. The molecule has 0 aliphatic carbocycles. The molecule has 11 aromatic carbocycles. The molecule has 1 aliphatic rings. The van der Waals surface area contributed by atoms with Crippen LogP contribution in [-0.2, 0) is 4.57 Å². The summed E-state index contributed by atoms with van der Waals surface area (Å²) in [5.74, 6) is 0. The normalized spacial score (nSPS) is 14.2. The molecular weight excluding hydrogens is 898 g/mol. The Hall–Kier alpha value is -9.15. The number of rotatable bonds is 10. The Bertz CT molecular complexity index is 3920. The fraction of sp³-hybridized carbons (Fsp3) is 0. The number of fused-ring (bicyclic) bond motifs is 4. The van der Waals surface area contributed by atoms with Crippen LogP contribution in [0.5, 0.6) is 0 Å². The van der Waals surface area contributed by atoms with Gasteiger partial charge in [-0.3, -0.25) is 13.9 Å². The van der Waals surface area contributed by atoms with Gasteiger partial charge in [-0.1, -0.05) is 188 Å². The maximum absolute atomic E-state index is 16.6. The molecule has 0 amide bonds. The van der Waals surface area contributed by atoms with Crippen LogP contribution in [0.15, 0.2) is 283 Å². The third-order valence-electron chi connectivity index (χ3n) is 13.8. The lowest BCUT2D eigenvalue weighted by Crippen LogP contribution is -2.26. The zero-order valence-electron chi connectivity index (χ0n) is 39.2. The van der Waals surface area contributed by atoms with Gasteiger partial charge in [-0.25, -0.2) is 0 Å². The Kier molecular flexibility index (Phi) is 10.7. The summed E-state index contributed by atoms with van der Waals surface area (Å²) in [5.41, 5.74) is 17.1. The monoisotopic (exact) mass is 943 g/mol. The lowest BCUT2D eigenvalue weighted by Gasteiger charge is -2.33. The van der Waals surface area contributed by atoms with E-state index in [-0.39, 0.29) is 0 Å². The van der Waals surface area contributed by atoms with Gasteiger partial charge in [-0.05, 0) is 130 Å². The first kappa shape index (κ1) is 42.9. The van der Waals surface area contributed by atoms with E-state index >= 15 is 4.57 Å². The first-order valence-electron chi connectivity index (χ1n) is 24.3. The van der Waals surface area contributed by atoms with Crippen LogP contribution in [0.2, 0.25) is 0 Å². The van der Waals surface area contributed by atoms with E-state index in [1.165, 1.54) is 5.56 Å². The minimum atomic E-state index is -3.59. The van der Waals surface area contributed by atoms with E-state index in [1.807, 2.05) is 97.1 Å². The Labute approximate surface area is 419 Å². The molecule has 13 rings (SSSR count). The van der Waals surface area contributed by atoms with Crippen LogP contribution in [-0.4, -0.2) is 0 Å². The van der Waals surface area contributed by atoms with Crippen molar-refractivity contribution in [3.8, 4) is 44.5 Å². The highest BCUT2D eigenvalue weighted by Gasteiger charge is 2.49. The summed E-state index contributed by atoms with van der Waals surface area (Å²) in [6.07, 6.45) is 0. The summed E-state index contributed by atoms with van der Waals surface area (Å²) in [5, 5.41) is 2.97. The van der Waals surface area contributed by atoms with E-state index in [1.54, 1.807) is 0 Å². The Morgan fingerprint density at radius 3 is 1.31 bits per heavy atom. The smallest absolute Gasteiger partial charge is 0.301 e. The van der Waals surface area contributed by atoms with Crippen molar-refractivity contribution >= 4 is 74.5 Å². The number of hydrogen-bond donors (Lipinski definition) is 0. The van der Waals surface area contributed by atoms with Crippen LogP contribution in [0.1, 0.15) is 0 Å². The number of anilines is 7. The van der Waals surface area contributed by atoms with Gasteiger partial charge < -0.3 is 9.32 Å². The van der Waals surface area contributed by atoms with Gasteiger partial charge in [0.15, 0.2) is 0 Å². The SMILES string of the molecule is O=P1(c2ccc(-c3ccccc3)cc2)N(c2ccccc2)c2ccc(-c3ccc(N(c4ccc(-c5ccccc5)cc4)c4ccc(-c5cccc6c5oc5ccccc56)cc4)cc3)cc2N1c1ccccc1. The second-order valence-corrected chi connectivity index (χ2v) is 20.5. The number of hydrogen-bond acceptors (Lipinski definition) is 3. The number of para-hydroxylation sites is 4. The molecule has 1 aliphatic heterocycles. The summed E-state index contributed by atoms with van der Waals surface area (Å²) in [6, 6.07) is 96.8. The van der Waals surface area contributed by atoms with E-state index < -0.39 is 7.44 Å². The van der Waals surface area contributed by atoms with Gasteiger partial charge in [0.05, 0.1) is 16.7 Å². The molecule has 1 aromatic heterocycles. The van der Waals surface area contributed by atoms with Crippen molar-refractivity contribution < 1.29 is 8.98 Å². The van der Waals surface area contributed by atoms with Crippen LogP contribution in [0.4, 0.5) is 39.8 Å². The average Bonchev–Trinajstić information content (AvgIpc) is 3.97. The second-order valence-electron chi connectivity index (χ2n) is 18.1. The van der Waals surface area contributed by atoms with Crippen molar-refractivity contribution in [3.05, 3.63) is 279 Å². The molecule has 0 bridgehead atoms. The third-order valence-corrected chi connectivity index (χ3v) is 16.8. The molecule has 6 heteroatoms. The van der Waals surface area contributed by atoms with Gasteiger partial charge in [-0.15, -0.1) is 0 Å². The van der Waals surface area contributed by atoms with E-state index in [9.17, 15) is 0 Å². The fourth-order valence-electron chi connectivity index (χ4n) is 10.3. The van der Waals surface area contributed by atoms with Crippen molar-refractivity contribution in [2.75, 3.05) is 14.2 Å². The molecule has 1 unspecified atom stereocenters. The van der Waals surface area contributed by atoms with Crippen molar-refractivity contribution in [1.29, 1.82) is 0 Å². The molecular formula is C66H46N3O2P. The van der Waals surface area contributed by atoms with Gasteiger partial charge in [0, 0.05) is 44.8 Å². The molecule has 0 N–H and O–H groups in total. The summed E-state index contributed by atoms with van der Waals surface area (Å²) in [7, 11) is -3.59. The Morgan fingerprint density at radius 1 is 0.333 bits per heavy atom. The molecule has 0 spiro atoms. The zero-order chi connectivity index (χ0) is 48.0. The van der Waals surface area contributed by atoms with Crippen LogP contribution in [0, 0.1) is 0 Å². The molecule has 342 valence electrons. The lowest BCUT2D eigenvalue weighted by molar-refractivity contribution is 0.582. The number of furan rings is 1. The second kappa shape index (κ2) is 18.0. The van der Waals surface area contributed by atoms with Crippen molar-refractivity contribution in [3.63, 3.8) is 0 Å². The Balaban J connectivity index is 0.894. The predicted molar refractivity (Wildman–Crippen MR) is 301 cm³/mol. The average molecular weight is 944 g/mol. The number of nitrogens with zero attached hydrogens (tertiary/aromatic N) is 3. The van der Waals surface area contributed by atoms with Crippen LogP contribution in [0.25, 0.3) is 66.4 Å². The van der Waals surface area contributed by atoms with Crippen LogP contribution < -0.4 is 19.5 Å². The molecule has 5 nitrogen and oxygen atoms in total. The van der Waals surface area contributed by atoms with Crippen molar-refractivity contribution in [2.24, 2.45) is 0 Å². The highest BCUT2D eigenvalue weighted by Crippen LogP contribution is 2.70. The highest BCUT2D eigenvalue weighted by molar-refractivity contribution is 7.76. The topological polar surface area (TPSA) is 39.9 Å². The lowest BCUT2D eigenvalue weighted by atomic mass is 10.0. The zero-order valence-corrected chi connectivity index (χ0v) is 40.1. The quantitative estimate of drug-likeness (QED) is 0.128. The minimum absolute atomic E-state index is 0.744. The van der Waals surface area contributed by atoms with Gasteiger partial charge in [0.1, 0.15) is 11.2 Å². The van der Waals surface area contributed by atoms with Crippen LogP contribution >= 0.6 is 7.44 Å². The largest absolute Gasteiger partial charge is 0.455 e. The van der Waals surface area contributed by atoms with Crippen molar-refractivity contribution in [1.82, 2.24) is 0 Å². The molecule has 0 radical (unpaired) electrons. The first-order chi connectivity index (χ1) is 35.6. The van der Waals surface area contributed by atoms with E-state index in [0.29, 0.717) is 0 Å². The highest BCUT2D eigenvalue weighted by atomic mass is 31.2. The van der Waals surface area contributed by atoms with Crippen LogP contribution in [0.3, 0.4) is 0 Å². The van der Waals surface area contributed by atoms with Gasteiger partial charge >= 0.3 is 7.44 Å². The fourth-order valence-corrected chi connectivity index (χ4v) is 13.3. The molecule has 72 heavy (non-hydrogen) atoms. The summed E-state index contributed by atoms with van der Waals surface area (Å²) in [6.45, 7) is 0. The molecule has 2 heterocycles. The van der Waals surface area contributed by atoms with E-state index in [4.69, 9.17) is 4.42 Å². The molecule has 1 atom stereocenters. The van der Waals surface area contributed by atoms with Gasteiger partial charge in [-0.2, -0.15) is 0 Å². The maximum atomic E-state index is 16.6. The predicted octanol–water partition coefficient (Wildman–Crippen LogP) is 18.5. The Morgan fingerprint density at radius 2 is 0.750 bits per heavy atom. The molecule has 0 fully saturated rings. The summed E-state index contributed by atoms with van der Waals surface area (Å²) >= 11 is 0. The van der Waals surface area contributed by atoms with E-state index in [0.717, 1.165) is 106 Å². The summed E-state index contributed by atoms with van der Waals surface area (Å²) < 4.78 is 27.1. The van der Waals surface area contributed by atoms with E-state index in [2.05, 4.69) is 196 Å². The standard InChI is InChI=1S/C66H46N3O2P/c70-72(59-43-34-50(35-44-59)48-18-7-2-8-19-48)68(57-20-9-3-10-21-57)63-45-36-53(46-64(63)69(72)58-22-11-4-12-23-58)51-30-39-55(40-31-51)67(54-37-28-49(29-38-54)47-16-5-1-6-17-47)56-41-32-52(33-42-56)60-25-15-26-62-61-24-13-14-27-65(61)71-66(60)62/h1-46H. The first-order valence-corrected chi connectivity index (χ1v) is 25.9. The minimum Gasteiger partial charge on any atom is -0.455 e.